The van der Waals surface area contributed by atoms with Crippen LogP contribution in [-0.2, 0) is 22.6 Å². The number of hydrogen-bond acceptors (Lipinski definition) is 4. The van der Waals surface area contributed by atoms with E-state index in [1.165, 1.54) is 4.88 Å². The van der Waals surface area contributed by atoms with E-state index in [2.05, 4.69) is 11.9 Å². The third-order valence-corrected chi connectivity index (χ3v) is 4.77. The van der Waals surface area contributed by atoms with Gasteiger partial charge in [-0.2, -0.15) is 0 Å². The van der Waals surface area contributed by atoms with Crippen molar-refractivity contribution in [2.75, 3.05) is 20.1 Å². The van der Waals surface area contributed by atoms with Crippen LogP contribution in [0.3, 0.4) is 0 Å². The zero-order valence-electron chi connectivity index (χ0n) is 12.3. The Morgan fingerprint density at radius 1 is 1.55 bits per heavy atom. The number of hydrogen-bond donors (Lipinski definition) is 0. The van der Waals surface area contributed by atoms with Crippen LogP contribution >= 0.6 is 11.3 Å². The number of amides is 2. The van der Waals surface area contributed by atoms with Gasteiger partial charge < -0.3 is 9.80 Å². The van der Waals surface area contributed by atoms with Crippen molar-refractivity contribution in [2.45, 2.75) is 33.2 Å². The molecule has 1 saturated heterocycles. The van der Waals surface area contributed by atoms with Gasteiger partial charge in [0.1, 0.15) is 5.01 Å². The third kappa shape index (κ3) is 3.17. The molecule has 0 bridgehead atoms. The second-order valence-corrected chi connectivity index (χ2v) is 6.30. The molecule has 1 aromatic heterocycles. The van der Waals surface area contributed by atoms with Crippen LogP contribution in [0.25, 0.3) is 0 Å². The van der Waals surface area contributed by atoms with Gasteiger partial charge in [0.2, 0.25) is 11.8 Å². The Morgan fingerprint density at radius 2 is 2.30 bits per heavy atom. The molecule has 5 nitrogen and oxygen atoms in total. The molecule has 1 atom stereocenters. The SMILES string of the molecule is CCc1cnc(CN(C)C(=O)[C@@H]2CC(=O)N(CC)C2)s1. The van der Waals surface area contributed by atoms with Gasteiger partial charge in [0.05, 0.1) is 12.5 Å². The predicted octanol–water partition coefficient (Wildman–Crippen LogP) is 1.53. The van der Waals surface area contributed by atoms with Gasteiger partial charge in [0, 0.05) is 37.6 Å². The molecule has 0 radical (unpaired) electrons. The van der Waals surface area contributed by atoms with E-state index in [0.29, 0.717) is 26.1 Å². The topological polar surface area (TPSA) is 53.5 Å². The van der Waals surface area contributed by atoms with Crippen molar-refractivity contribution in [3.63, 3.8) is 0 Å². The molecule has 1 fully saturated rings. The molecule has 6 heteroatoms. The van der Waals surface area contributed by atoms with Crippen LogP contribution < -0.4 is 0 Å². The summed E-state index contributed by atoms with van der Waals surface area (Å²) in [6, 6.07) is 0. The normalized spacial score (nSPS) is 18.6. The van der Waals surface area contributed by atoms with Crippen molar-refractivity contribution in [1.82, 2.24) is 14.8 Å². The fourth-order valence-corrected chi connectivity index (χ4v) is 3.34. The maximum absolute atomic E-state index is 12.4. The van der Waals surface area contributed by atoms with Gasteiger partial charge in [0.25, 0.3) is 0 Å². The van der Waals surface area contributed by atoms with Crippen molar-refractivity contribution < 1.29 is 9.59 Å². The molecule has 20 heavy (non-hydrogen) atoms. The Morgan fingerprint density at radius 3 is 2.85 bits per heavy atom. The minimum Gasteiger partial charge on any atom is -0.342 e. The maximum atomic E-state index is 12.4. The first-order chi connectivity index (χ1) is 9.55. The fourth-order valence-electron chi connectivity index (χ4n) is 2.42. The fraction of sp³-hybridized carbons (Fsp3) is 0.643. The molecule has 2 amide bonds. The van der Waals surface area contributed by atoms with Crippen LogP contribution in [0.5, 0.6) is 0 Å². The highest BCUT2D eigenvalue weighted by Gasteiger charge is 2.34. The summed E-state index contributed by atoms with van der Waals surface area (Å²) in [4.78, 5) is 33.0. The molecule has 2 heterocycles. The molecule has 1 aromatic rings. The van der Waals surface area contributed by atoms with E-state index in [1.54, 1.807) is 28.2 Å². The second-order valence-electron chi connectivity index (χ2n) is 5.10. The number of carbonyl (C=O) groups excluding carboxylic acids is 2. The van der Waals surface area contributed by atoms with Crippen LogP contribution in [0.2, 0.25) is 0 Å². The van der Waals surface area contributed by atoms with Crippen molar-refractivity contribution in [3.05, 3.63) is 16.1 Å². The van der Waals surface area contributed by atoms with E-state index in [-0.39, 0.29) is 17.7 Å². The highest BCUT2D eigenvalue weighted by atomic mass is 32.1. The monoisotopic (exact) mass is 295 g/mol. The molecule has 110 valence electrons. The summed E-state index contributed by atoms with van der Waals surface area (Å²) in [5.41, 5.74) is 0. The van der Waals surface area contributed by atoms with Crippen molar-refractivity contribution >= 4 is 23.2 Å². The first-order valence-electron chi connectivity index (χ1n) is 7.01. The average Bonchev–Trinajstić information content (AvgIpc) is 3.04. The Balaban J connectivity index is 1.94. The van der Waals surface area contributed by atoms with E-state index in [9.17, 15) is 9.59 Å². The van der Waals surface area contributed by atoms with Crippen LogP contribution in [0.4, 0.5) is 0 Å². The Kier molecular flexibility index (Phi) is 4.75. The van der Waals surface area contributed by atoms with Crippen molar-refractivity contribution in [2.24, 2.45) is 5.92 Å². The minimum atomic E-state index is -0.196. The molecule has 0 saturated carbocycles. The summed E-state index contributed by atoms with van der Waals surface area (Å²) in [5.74, 6) is -0.0672. The van der Waals surface area contributed by atoms with E-state index in [4.69, 9.17) is 0 Å². The molecule has 0 spiro atoms. The van der Waals surface area contributed by atoms with Crippen LogP contribution in [-0.4, -0.2) is 46.7 Å². The van der Waals surface area contributed by atoms with Crippen molar-refractivity contribution in [3.8, 4) is 0 Å². The number of aryl methyl sites for hydroxylation is 1. The standard InChI is InChI=1S/C14H21N3O2S/c1-4-11-7-15-12(20-11)9-16(3)14(19)10-6-13(18)17(5-2)8-10/h7,10H,4-6,8-9H2,1-3H3/t10-/m1/s1. The summed E-state index contributed by atoms with van der Waals surface area (Å²) < 4.78 is 0. The zero-order chi connectivity index (χ0) is 14.7. The van der Waals surface area contributed by atoms with E-state index in [0.717, 1.165) is 11.4 Å². The van der Waals surface area contributed by atoms with E-state index in [1.807, 2.05) is 13.1 Å². The molecule has 0 aromatic carbocycles. The number of nitrogens with zero attached hydrogens (tertiary/aromatic N) is 3. The van der Waals surface area contributed by atoms with Gasteiger partial charge in [-0.25, -0.2) is 4.98 Å². The first-order valence-corrected chi connectivity index (χ1v) is 7.83. The quantitative estimate of drug-likeness (QED) is 0.828. The summed E-state index contributed by atoms with van der Waals surface area (Å²) in [6.07, 6.45) is 3.18. The van der Waals surface area contributed by atoms with Crippen LogP contribution in [0, 0.1) is 5.92 Å². The lowest BCUT2D eigenvalue weighted by Gasteiger charge is -2.20. The largest absolute Gasteiger partial charge is 0.342 e. The van der Waals surface area contributed by atoms with E-state index < -0.39 is 0 Å². The highest BCUT2D eigenvalue weighted by Crippen LogP contribution is 2.21. The third-order valence-electron chi connectivity index (χ3n) is 3.64. The number of carbonyl (C=O) groups is 2. The van der Waals surface area contributed by atoms with Crippen LogP contribution in [0.1, 0.15) is 30.2 Å². The number of rotatable bonds is 5. The predicted molar refractivity (Wildman–Crippen MR) is 78.3 cm³/mol. The van der Waals surface area contributed by atoms with Gasteiger partial charge in [-0.05, 0) is 13.3 Å². The Labute approximate surface area is 123 Å². The summed E-state index contributed by atoms with van der Waals surface area (Å²) in [7, 11) is 1.79. The maximum Gasteiger partial charge on any atom is 0.228 e. The molecule has 2 rings (SSSR count). The minimum absolute atomic E-state index is 0.0440. The molecular formula is C14H21N3O2S. The number of aromatic nitrogens is 1. The summed E-state index contributed by atoms with van der Waals surface area (Å²) in [5, 5.41) is 0.953. The highest BCUT2D eigenvalue weighted by molar-refractivity contribution is 7.11. The van der Waals surface area contributed by atoms with Gasteiger partial charge in [0.15, 0.2) is 0 Å². The van der Waals surface area contributed by atoms with Gasteiger partial charge >= 0.3 is 0 Å². The first kappa shape index (κ1) is 15.0. The molecule has 1 aliphatic rings. The zero-order valence-corrected chi connectivity index (χ0v) is 13.1. The van der Waals surface area contributed by atoms with Gasteiger partial charge in [-0.15, -0.1) is 11.3 Å². The number of thiazole rings is 1. The van der Waals surface area contributed by atoms with Crippen LogP contribution in [0.15, 0.2) is 6.20 Å². The lowest BCUT2D eigenvalue weighted by Crippen LogP contribution is -2.34. The number of likely N-dealkylation sites (tertiary alicyclic amines) is 1. The molecule has 1 aliphatic heterocycles. The Bertz CT molecular complexity index is 500. The smallest absolute Gasteiger partial charge is 0.228 e. The lowest BCUT2D eigenvalue weighted by molar-refractivity contribution is -0.135. The van der Waals surface area contributed by atoms with Gasteiger partial charge in [-0.3, -0.25) is 9.59 Å². The lowest BCUT2D eigenvalue weighted by atomic mass is 10.1. The second kappa shape index (κ2) is 6.35. The summed E-state index contributed by atoms with van der Waals surface area (Å²) >= 11 is 1.64. The van der Waals surface area contributed by atoms with Crippen molar-refractivity contribution in [1.29, 1.82) is 0 Å². The molecular weight excluding hydrogens is 274 g/mol. The van der Waals surface area contributed by atoms with Gasteiger partial charge in [-0.1, -0.05) is 6.92 Å². The summed E-state index contributed by atoms with van der Waals surface area (Å²) in [6.45, 7) is 5.79. The molecule has 0 unspecified atom stereocenters. The molecule has 0 N–H and O–H groups in total. The Hall–Kier alpha value is -1.43. The molecule has 0 aliphatic carbocycles. The van der Waals surface area contributed by atoms with E-state index >= 15 is 0 Å². The average molecular weight is 295 g/mol.